The van der Waals surface area contributed by atoms with Crippen molar-refractivity contribution in [3.63, 3.8) is 0 Å². The van der Waals surface area contributed by atoms with Crippen LogP contribution in [-0.2, 0) is 4.74 Å². The van der Waals surface area contributed by atoms with E-state index in [1.165, 1.54) is 0 Å². The van der Waals surface area contributed by atoms with Gasteiger partial charge in [-0.2, -0.15) is 0 Å². The van der Waals surface area contributed by atoms with Gasteiger partial charge in [-0.05, 0) is 9.83 Å². The minimum absolute atomic E-state index is 0.226. The SMILES string of the molecule is O=C(OCC(CO)(CO)CO)SSS. The van der Waals surface area contributed by atoms with E-state index in [9.17, 15) is 4.79 Å². The Bertz CT molecular complexity index is 165. The first-order valence-electron chi connectivity index (χ1n) is 3.61. The summed E-state index contributed by atoms with van der Waals surface area (Å²) in [4.78, 5) is 10.9. The van der Waals surface area contributed by atoms with Crippen molar-refractivity contribution in [1.82, 2.24) is 0 Å². The van der Waals surface area contributed by atoms with Crippen LogP contribution < -0.4 is 0 Å². The van der Waals surface area contributed by atoms with Crippen LogP contribution in [0.3, 0.4) is 0 Å². The van der Waals surface area contributed by atoms with Gasteiger partial charge in [0.25, 0.3) is 0 Å². The first-order chi connectivity index (χ1) is 6.64. The zero-order chi connectivity index (χ0) is 11.0. The highest BCUT2D eigenvalue weighted by Crippen LogP contribution is 2.27. The highest BCUT2D eigenvalue weighted by molar-refractivity contribution is 9.08. The van der Waals surface area contributed by atoms with Gasteiger partial charge in [-0.1, -0.05) is 11.7 Å². The molecule has 0 saturated heterocycles. The number of carbonyl (C=O) groups is 1. The number of aliphatic hydroxyl groups excluding tert-OH is 3. The van der Waals surface area contributed by atoms with Crippen LogP contribution in [0.25, 0.3) is 0 Å². The third-order valence-corrected chi connectivity index (χ3v) is 3.24. The van der Waals surface area contributed by atoms with E-state index in [-0.39, 0.29) is 6.61 Å². The molecule has 0 unspecified atom stereocenters. The van der Waals surface area contributed by atoms with Crippen LogP contribution in [0, 0.1) is 5.41 Å². The molecule has 0 atom stereocenters. The normalized spacial score (nSPS) is 11.4. The maximum absolute atomic E-state index is 10.9. The number of hydrogen-bond acceptors (Lipinski definition) is 8. The molecule has 0 fully saturated rings. The molecule has 0 bridgehead atoms. The summed E-state index contributed by atoms with van der Waals surface area (Å²) in [7, 11) is 1.71. The Balaban J connectivity index is 3.99. The Morgan fingerprint density at radius 3 is 2.14 bits per heavy atom. The molecule has 0 amide bonds. The van der Waals surface area contributed by atoms with Crippen LogP contribution in [0.1, 0.15) is 0 Å². The van der Waals surface area contributed by atoms with E-state index in [4.69, 9.17) is 20.1 Å². The molecule has 0 aliphatic rings. The predicted octanol–water partition coefficient (Wildman–Crippen LogP) is 0.312. The van der Waals surface area contributed by atoms with Gasteiger partial charge in [-0.15, -0.1) is 0 Å². The zero-order valence-electron chi connectivity index (χ0n) is 7.25. The molecule has 0 aliphatic carbocycles. The summed E-state index contributed by atoms with van der Waals surface area (Å²) in [5.74, 6) is 0. The van der Waals surface area contributed by atoms with Gasteiger partial charge < -0.3 is 20.1 Å². The zero-order valence-corrected chi connectivity index (χ0v) is 9.78. The molecular formula is C6H12O5S3. The number of rotatable bonds is 6. The van der Waals surface area contributed by atoms with Crippen molar-refractivity contribution in [2.75, 3.05) is 26.4 Å². The summed E-state index contributed by atoms with van der Waals surface area (Å²) in [6.45, 7) is -1.58. The third-order valence-electron chi connectivity index (χ3n) is 1.61. The van der Waals surface area contributed by atoms with Crippen molar-refractivity contribution in [2.24, 2.45) is 5.41 Å². The maximum Gasteiger partial charge on any atom is 0.378 e. The largest absolute Gasteiger partial charge is 0.456 e. The molecule has 3 N–H and O–H groups in total. The lowest BCUT2D eigenvalue weighted by molar-refractivity contribution is -0.0335. The fourth-order valence-electron chi connectivity index (χ4n) is 0.553. The summed E-state index contributed by atoms with van der Waals surface area (Å²) in [6, 6.07) is 0. The van der Waals surface area contributed by atoms with Crippen molar-refractivity contribution in [3.8, 4) is 0 Å². The van der Waals surface area contributed by atoms with Gasteiger partial charge in [0.15, 0.2) is 0 Å². The van der Waals surface area contributed by atoms with Gasteiger partial charge in [-0.3, -0.25) is 0 Å². The van der Waals surface area contributed by atoms with Crippen molar-refractivity contribution >= 4 is 37.6 Å². The molecule has 8 heteroatoms. The molecule has 0 rings (SSSR count). The van der Waals surface area contributed by atoms with Crippen LogP contribution in [0.2, 0.25) is 0 Å². The molecule has 14 heavy (non-hydrogen) atoms. The van der Waals surface area contributed by atoms with Crippen LogP contribution in [-0.4, -0.2) is 47.0 Å². The average Bonchev–Trinajstić information content (AvgIpc) is 2.21. The van der Waals surface area contributed by atoms with Gasteiger partial charge in [0.2, 0.25) is 0 Å². The molecular weight excluding hydrogens is 248 g/mol. The fourth-order valence-corrected chi connectivity index (χ4v) is 1.60. The van der Waals surface area contributed by atoms with E-state index in [1.807, 2.05) is 0 Å². The molecule has 0 heterocycles. The lowest BCUT2D eigenvalue weighted by atomic mass is 9.93. The number of carbonyl (C=O) groups excluding carboxylic acids is 1. The summed E-state index contributed by atoms with van der Waals surface area (Å²) < 4.78 is 4.69. The lowest BCUT2D eigenvalue weighted by Gasteiger charge is -2.26. The molecule has 0 radical (unpaired) electrons. The highest BCUT2D eigenvalue weighted by Gasteiger charge is 2.30. The van der Waals surface area contributed by atoms with Gasteiger partial charge in [0.1, 0.15) is 6.61 Å². The summed E-state index contributed by atoms with van der Waals surface area (Å²) in [5.41, 5.74) is -1.17. The minimum atomic E-state index is -1.17. The van der Waals surface area contributed by atoms with Crippen LogP contribution in [0.5, 0.6) is 0 Å². The van der Waals surface area contributed by atoms with Crippen LogP contribution >= 0.6 is 32.3 Å². The smallest absolute Gasteiger partial charge is 0.378 e. The first-order valence-corrected chi connectivity index (χ1v) is 6.82. The molecule has 0 saturated carbocycles. The number of thiol groups is 1. The van der Waals surface area contributed by atoms with Gasteiger partial charge in [0, 0.05) is 10.8 Å². The second-order valence-electron chi connectivity index (χ2n) is 2.67. The van der Waals surface area contributed by atoms with Crippen molar-refractivity contribution in [3.05, 3.63) is 0 Å². The first kappa shape index (κ1) is 14.4. The highest BCUT2D eigenvalue weighted by atomic mass is 33.5. The summed E-state index contributed by atoms with van der Waals surface area (Å²) >= 11 is 3.72. The van der Waals surface area contributed by atoms with Crippen molar-refractivity contribution in [1.29, 1.82) is 0 Å². The lowest BCUT2D eigenvalue weighted by Crippen LogP contribution is -2.39. The molecule has 0 aromatic carbocycles. The Morgan fingerprint density at radius 2 is 1.79 bits per heavy atom. The number of ether oxygens (including phenoxy) is 1. The van der Waals surface area contributed by atoms with E-state index >= 15 is 0 Å². The molecule has 0 aromatic heterocycles. The molecule has 84 valence electrons. The van der Waals surface area contributed by atoms with Gasteiger partial charge in [0.05, 0.1) is 25.2 Å². The summed E-state index contributed by atoms with van der Waals surface area (Å²) in [6.07, 6.45) is 0. The van der Waals surface area contributed by atoms with E-state index in [0.29, 0.717) is 0 Å². The number of aliphatic hydroxyl groups is 3. The second kappa shape index (κ2) is 7.66. The molecule has 0 aromatic rings. The van der Waals surface area contributed by atoms with E-state index < -0.39 is 30.5 Å². The van der Waals surface area contributed by atoms with Crippen LogP contribution in [0.15, 0.2) is 0 Å². The van der Waals surface area contributed by atoms with Crippen molar-refractivity contribution in [2.45, 2.75) is 0 Å². The van der Waals surface area contributed by atoms with E-state index in [1.54, 1.807) is 0 Å². The van der Waals surface area contributed by atoms with Gasteiger partial charge in [-0.25, -0.2) is 4.79 Å². The molecule has 0 spiro atoms. The Kier molecular flexibility index (Phi) is 7.88. The van der Waals surface area contributed by atoms with Crippen LogP contribution in [0.4, 0.5) is 4.79 Å². The molecule has 0 aliphatic heterocycles. The Labute approximate surface area is 94.4 Å². The van der Waals surface area contributed by atoms with Gasteiger partial charge >= 0.3 is 5.30 Å². The standard InChI is InChI=1S/C6H12O5S3/c7-1-6(2-8,3-9)4-11-5(10)13-14-12/h7-9,12H,1-4H2. The predicted molar refractivity (Wildman–Crippen MR) is 59.2 cm³/mol. The van der Waals surface area contributed by atoms with Crippen molar-refractivity contribution < 1.29 is 24.9 Å². The minimum Gasteiger partial charge on any atom is -0.456 e. The third kappa shape index (κ3) is 4.76. The quantitative estimate of drug-likeness (QED) is 0.311. The van der Waals surface area contributed by atoms with E-state index in [0.717, 1.165) is 20.6 Å². The average molecular weight is 260 g/mol. The second-order valence-corrected chi connectivity index (χ2v) is 5.61. The summed E-state index contributed by atoms with van der Waals surface area (Å²) in [5, 5.41) is 26.1. The topological polar surface area (TPSA) is 87.0 Å². The van der Waals surface area contributed by atoms with E-state index in [2.05, 4.69) is 11.7 Å². The fraction of sp³-hybridized carbons (Fsp3) is 0.833. The monoisotopic (exact) mass is 260 g/mol. The number of hydrogen-bond donors (Lipinski definition) is 4. The maximum atomic E-state index is 10.9. The molecule has 5 nitrogen and oxygen atoms in total. The Hall–Kier alpha value is 0.400. The Morgan fingerprint density at radius 1 is 1.29 bits per heavy atom.